The van der Waals surface area contributed by atoms with Gasteiger partial charge in [-0.25, -0.2) is 0 Å². The van der Waals surface area contributed by atoms with Crippen molar-refractivity contribution in [3.63, 3.8) is 0 Å². The molecule has 0 saturated heterocycles. The van der Waals surface area contributed by atoms with Crippen molar-refractivity contribution in [3.8, 4) is 11.5 Å². The Labute approximate surface area is 171 Å². The van der Waals surface area contributed by atoms with Crippen LogP contribution in [0.4, 0.5) is 11.4 Å². The van der Waals surface area contributed by atoms with Crippen LogP contribution >= 0.6 is 11.6 Å². The molecule has 0 saturated carbocycles. The lowest BCUT2D eigenvalue weighted by Gasteiger charge is -2.08. The monoisotopic (exact) mass is 416 g/mol. The minimum atomic E-state index is -0.570. The summed E-state index contributed by atoms with van der Waals surface area (Å²) >= 11 is 5.92. The van der Waals surface area contributed by atoms with Gasteiger partial charge in [-0.05, 0) is 42.8 Å². The summed E-state index contributed by atoms with van der Waals surface area (Å²) in [7, 11) is 1.38. The standard InChI is InChI=1S/C20H17ClN2O6/c1-12-7-13(21)3-5-18(12)28-11-16-4-6-19(29-16)20(24)22-14-8-15(23(25)26)10-17(9-14)27-2/h3-10H,11H2,1-2H3,(H,22,24). The van der Waals surface area contributed by atoms with Gasteiger partial charge in [-0.3, -0.25) is 14.9 Å². The van der Waals surface area contributed by atoms with Gasteiger partial charge in [-0.15, -0.1) is 0 Å². The normalized spacial score (nSPS) is 10.4. The molecule has 0 bridgehead atoms. The summed E-state index contributed by atoms with van der Waals surface area (Å²) in [5, 5.41) is 14.2. The second-order valence-electron chi connectivity index (χ2n) is 6.10. The van der Waals surface area contributed by atoms with Gasteiger partial charge >= 0.3 is 0 Å². The Bertz CT molecular complexity index is 1060. The van der Waals surface area contributed by atoms with Crippen molar-refractivity contribution < 1.29 is 23.6 Å². The Hall–Kier alpha value is -3.52. The van der Waals surface area contributed by atoms with Crippen LogP contribution in [0.5, 0.6) is 11.5 Å². The molecule has 0 aliphatic rings. The molecule has 0 unspecified atom stereocenters. The van der Waals surface area contributed by atoms with Crippen LogP contribution in [0.25, 0.3) is 0 Å². The van der Waals surface area contributed by atoms with Crippen LogP contribution in [0.3, 0.4) is 0 Å². The third kappa shape index (κ3) is 5.05. The second-order valence-corrected chi connectivity index (χ2v) is 6.53. The van der Waals surface area contributed by atoms with Crippen molar-refractivity contribution in [3.05, 3.63) is 80.8 Å². The number of rotatable bonds is 7. The van der Waals surface area contributed by atoms with Crippen molar-refractivity contribution in [1.29, 1.82) is 0 Å². The number of halogens is 1. The molecule has 0 atom stereocenters. The Morgan fingerprint density at radius 1 is 1.21 bits per heavy atom. The van der Waals surface area contributed by atoms with E-state index in [9.17, 15) is 14.9 Å². The molecule has 150 valence electrons. The molecule has 1 N–H and O–H groups in total. The number of carbonyl (C=O) groups is 1. The van der Waals surface area contributed by atoms with E-state index in [1.54, 1.807) is 24.3 Å². The van der Waals surface area contributed by atoms with Gasteiger partial charge < -0.3 is 19.2 Å². The van der Waals surface area contributed by atoms with E-state index in [1.165, 1.54) is 31.4 Å². The number of nitrogens with one attached hydrogen (secondary N) is 1. The summed E-state index contributed by atoms with van der Waals surface area (Å²) in [5.41, 5.74) is 0.889. The molecule has 3 aromatic rings. The van der Waals surface area contributed by atoms with Crippen LogP contribution in [-0.4, -0.2) is 17.9 Å². The van der Waals surface area contributed by atoms with Crippen LogP contribution in [0, 0.1) is 17.0 Å². The van der Waals surface area contributed by atoms with Crippen molar-refractivity contribution in [2.75, 3.05) is 12.4 Å². The summed E-state index contributed by atoms with van der Waals surface area (Å²) in [6.07, 6.45) is 0. The summed E-state index contributed by atoms with van der Waals surface area (Å²) in [4.78, 5) is 22.8. The molecule has 8 nitrogen and oxygen atoms in total. The minimum Gasteiger partial charge on any atom is -0.496 e. The average Bonchev–Trinajstić information content (AvgIpc) is 3.16. The summed E-state index contributed by atoms with van der Waals surface area (Å²) < 4.78 is 16.2. The number of furan rings is 1. The predicted octanol–water partition coefficient (Wildman–Crippen LogP) is 4.99. The van der Waals surface area contributed by atoms with E-state index in [0.29, 0.717) is 16.5 Å². The van der Waals surface area contributed by atoms with Crippen LogP contribution in [-0.2, 0) is 6.61 Å². The van der Waals surface area contributed by atoms with Gasteiger partial charge in [-0.1, -0.05) is 11.6 Å². The van der Waals surface area contributed by atoms with Gasteiger partial charge in [0.15, 0.2) is 5.76 Å². The molecule has 1 heterocycles. The molecule has 1 aromatic heterocycles. The van der Waals surface area contributed by atoms with Gasteiger partial charge in [0, 0.05) is 17.2 Å². The molecular formula is C20H17ClN2O6. The molecule has 29 heavy (non-hydrogen) atoms. The maximum Gasteiger partial charge on any atom is 0.291 e. The Kier molecular flexibility index (Phi) is 6.04. The lowest BCUT2D eigenvalue weighted by Crippen LogP contribution is -2.11. The summed E-state index contributed by atoms with van der Waals surface area (Å²) in [6, 6.07) is 12.3. The maximum atomic E-state index is 12.4. The van der Waals surface area contributed by atoms with Crippen LogP contribution in [0.1, 0.15) is 21.9 Å². The number of hydrogen-bond donors (Lipinski definition) is 1. The number of nitrogens with zero attached hydrogens (tertiary/aromatic N) is 1. The largest absolute Gasteiger partial charge is 0.496 e. The smallest absolute Gasteiger partial charge is 0.291 e. The highest BCUT2D eigenvalue weighted by Crippen LogP contribution is 2.27. The van der Waals surface area contributed by atoms with Crippen molar-refractivity contribution >= 4 is 28.9 Å². The van der Waals surface area contributed by atoms with Gasteiger partial charge in [0.1, 0.15) is 23.9 Å². The fourth-order valence-corrected chi connectivity index (χ4v) is 2.80. The topological polar surface area (TPSA) is 104 Å². The third-order valence-corrected chi connectivity index (χ3v) is 4.22. The first-order chi connectivity index (χ1) is 13.9. The minimum absolute atomic E-state index is 0.0434. The molecule has 0 aliphatic carbocycles. The van der Waals surface area contributed by atoms with Crippen LogP contribution in [0.15, 0.2) is 52.9 Å². The number of non-ortho nitro benzene ring substituents is 1. The molecule has 9 heteroatoms. The number of hydrogen-bond acceptors (Lipinski definition) is 6. The SMILES string of the molecule is COc1cc(NC(=O)c2ccc(COc3ccc(Cl)cc3C)o2)cc([N+](=O)[O-])c1. The quantitative estimate of drug-likeness (QED) is 0.429. The number of ether oxygens (including phenoxy) is 2. The molecule has 0 fully saturated rings. The highest BCUT2D eigenvalue weighted by molar-refractivity contribution is 6.30. The van der Waals surface area contributed by atoms with E-state index in [2.05, 4.69) is 5.32 Å². The predicted molar refractivity (Wildman–Crippen MR) is 107 cm³/mol. The van der Waals surface area contributed by atoms with E-state index in [0.717, 1.165) is 5.56 Å². The Morgan fingerprint density at radius 3 is 2.69 bits per heavy atom. The highest BCUT2D eigenvalue weighted by atomic mass is 35.5. The number of methoxy groups -OCH3 is 1. The number of aryl methyl sites for hydroxylation is 1. The molecular weight excluding hydrogens is 400 g/mol. The van der Waals surface area contributed by atoms with Crippen molar-refractivity contribution in [1.82, 2.24) is 0 Å². The third-order valence-electron chi connectivity index (χ3n) is 3.99. The average molecular weight is 417 g/mol. The number of nitro benzene ring substituents is 1. The lowest BCUT2D eigenvalue weighted by atomic mass is 10.2. The first-order valence-electron chi connectivity index (χ1n) is 8.48. The lowest BCUT2D eigenvalue weighted by molar-refractivity contribution is -0.384. The highest BCUT2D eigenvalue weighted by Gasteiger charge is 2.16. The van der Waals surface area contributed by atoms with E-state index < -0.39 is 10.8 Å². The van der Waals surface area contributed by atoms with E-state index in [4.69, 9.17) is 25.5 Å². The van der Waals surface area contributed by atoms with Gasteiger partial charge in [0.05, 0.1) is 23.8 Å². The molecule has 0 aliphatic heterocycles. The zero-order chi connectivity index (χ0) is 21.0. The number of anilines is 1. The van der Waals surface area contributed by atoms with Crippen LogP contribution < -0.4 is 14.8 Å². The van der Waals surface area contributed by atoms with E-state index >= 15 is 0 Å². The van der Waals surface area contributed by atoms with E-state index in [-0.39, 0.29) is 29.5 Å². The number of nitro groups is 1. The van der Waals surface area contributed by atoms with Crippen molar-refractivity contribution in [2.45, 2.75) is 13.5 Å². The summed E-state index contributed by atoms with van der Waals surface area (Å²) in [6.45, 7) is 2.00. The zero-order valence-electron chi connectivity index (χ0n) is 15.6. The molecule has 1 amide bonds. The summed E-state index contributed by atoms with van der Waals surface area (Å²) in [5.74, 6) is 0.839. The van der Waals surface area contributed by atoms with Gasteiger partial charge in [0.25, 0.3) is 11.6 Å². The Balaban J connectivity index is 1.68. The molecule has 3 rings (SSSR count). The van der Waals surface area contributed by atoms with Crippen LogP contribution in [0.2, 0.25) is 5.02 Å². The zero-order valence-corrected chi connectivity index (χ0v) is 16.4. The molecule has 0 radical (unpaired) electrons. The van der Waals surface area contributed by atoms with Crippen molar-refractivity contribution in [2.24, 2.45) is 0 Å². The number of carbonyl (C=O) groups excluding carboxylic acids is 1. The van der Waals surface area contributed by atoms with Gasteiger partial charge in [0.2, 0.25) is 0 Å². The fraction of sp³-hybridized carbons (Fsp3) is 0.150. The maximum absolute atomic E-state index is 12.4. The molecule has 2 aromatic carbocycles. The fourth-order valence-electron chi connectivity index (χ4n) is 2.57. The molecule has 0 spiro atoms. The number of amides is 1. The van der Waals surface area contributed by atoms with Gasteiger partial charge in [-0.2, -0.15) is 0 Å². The Morgan fingerprint density at radius 2 is 2.00 bits per heavy atom. The van der Waals surface area contributed by atoms with E-state index in [1.807, 2.05) is 6.92 Å². The number of benzene rings is 2. The first-order valence-corrected chi connectivity index (χ1v) is 8.86. The second kappa shape index (κ2) is 8.66. The first kappa shape index (κ1) is 20.2.